The molecule has 7 heteroatoms. The van der Waals surface area contributed by atoms with Gasteiger partial charge in [0.2, 0.25) is 0 Å². The lowest BCUT2D eigenvalue weighted by molar-refractivity contribution is 0.102. The summed E-state index contributed by atoms with van der Waals surface area (Å²) in [5, 5.41) is 4.11. The van der Waals surface area contributed by atoms with Crippen LogP contribution in [0.25, 0.3) is 0 Å². The summed E-state index contributed by atoms with van der Waals surface area (Å²) in [4.78, 5) is 24.0. The fourth-order valence-electron chi connectivity index (χ4n) is 3.77. The second-order valence-electron chi connectivity index (χ2n) is 8.74. The maximum absolute atomic E-state index is 12.6. The number of nitrogens with one attached hydrogen (secondary N) is 1. The van der Waals surface area contributed by atoms with Crippen LogP contribution in [-0.4, -0.2) is 29.0 Å². The van der Waals surface area contributed by atoms with Crippen LogP contribution in [0.1, 0.15) is 46.8 Å². The number of hydrogen-bond acceptors (Lipinski definition) is 5. The molecule has 1 amide bonds. The Morgan fingerprint density at radius 2 is 1.79 bits per heavy atom. The molecule has 33 heavy (non-hydrogen) atoms. The predicted molar refractivity (Wildman–Crippen MR) is 138 cm³/mol. The van der Waals surface area contributed by atoms with Crippen LogP contribution in [-0.2, 0) is 5.75 Å². The fourth-order valence-corrected chi connectivity index (χ4v) is 4.81. The molecule has 2 heterocycles. The molecule has 0 radical (unpaired) electrons. The summed E-state index contributed by atoms with van der Waals surface area (Å²) in [7, 11) is 0. The van der Waals surface area contributed by atoms with Crippen LogP contribution in [0.2, 0.25) is 5.15 Å². The molecule has 0 unspecified atom stereocenters. The third-order valence-corrected chi connectivity index (χ3v) is 7.23. The summed E-state index contributed by atoms with van der Waals surface area (Å²) in [5.41, 5.74) is 4.89. The molecule has 172 valence electrons. The number of hydrogen-bond donors (Lipinski definition) is 1. The molecular formula is C26H29ClN4OS. The van der Waals surface area contributed by atoms with Crippen molar-refractivity contribution < 1.29 is 4.79 Å². The molecule has 0 spiro atoms. The lowest BCUT2D eigenvalue weighted by Gasteiger charge is -2.31. The van der Waals surface area contributed by atoms with Crippen LogP contribution < -0.4 is 10.2 Å². The molecule has 0 atom stereocenters. The Bertz CT molecular complexity index is 1130. The minimum absolute atomic E-state index is 0.115. The molecule has 0 saturated carbocycles. The average molecular weight is 481 g/mol. The summed E-state index contributed by atoms with van der Waals surface area (Å²) in [6.07, 6.45) is 2.35. The zero-order valence-corrected chi connectivity index (χ0v) is 20.8. The van der Waals surface area contributed by atoms with Crippen molar-refractivity contribution in [1.29, 1.82) is 0 Å². The van der Waals surface area contributed by atoms with Crippen LogP contribution in [0, 0.1) is 19.8 Å². The molecule has 3 aromatic rings. The quantitative estimate of drug-likeness (QED) is 0.247. The smallest absolute Gasteiger partial charge is 0.255 e. The molecule has 0 bridgehead atoms. The minimum Gasteiger partial charge on any atom is -0.356 e. The second-order valence-corrected chi connectivity index (χ2v) is 10.1. The first-order valence-corrected chi connectivity index (χ1v) is 12.6. The van der Waals surface area contributed by atoms with E-state index in [0.29, 0.717) is 21.6 Å². The van der Waals surface area contributed by atoms with E-state index in [4.69, 9.17) is 16.6 Å². The number of thioether (sulfide) groups is 1. The normalized spacial score (nSPS) is 14.4. The molecule has 1 aliphatic rings. The third-order valence-electron chi connectivity index (χ3n) is 6.12. The van der Waals surface area contributed by atoms with E-state index in [1.807, 2.05) is 55.5 Å². The van der Waals surface area contributed by atoms with Gasteiger partial charge in [-0.15, -0.1) is 0 Å². The number of carbonyl (C=O) groups is 1. The number of amides is 1. The highest BCUT2D eigenvalue weighted by atomic mass is 35.5. The van der Waals surface area contributed by atoms with E-state index in [1.165, 1.54) is 18.4 Å². The molecule has 0 aliphatic carbocycles. The Morgan fingerprint density at radius 1 is 1.06 bits per heavy atom. The second kappa shape index (κ2) is 10.6. The molecule has 1 fully saturated rings. The summed E-state index contributed by atoms with van der Waals surface area (Å²) >= 11 is 7.84. The van der Waals surface area contributed by atoms with Crippen LogP contribution in [0.15, 0.2) is 53.7 Å². The average Bonchev–Trinajstić information content (AvgIpc) is 2.80. The standard InChI is InChI=1S/C26H29ClN4OS/c1-17-10-12-31(13-11-17)24-15-23(27)29-26(30-24)33-16-20-5-7-21(8-6-20)25(32)28-22-9-4-18(2)19(3)14-22/h4-9,14-15,17H,10-13,16H2,1-3H3,(H,28,32). The van der Waals surface area contributed by atoms with Gasteiger partial charge in [-0.2, -0.15) is 0 Å². The topological polar surface area (TPSA) is 58.1 Å². The van der Waals surface area contributed by atoms with E-state index >= 15 is 0 Å². The number of carbonyl (C=O) groups excluding carboxylic acids is 1. The van der Waals surface area contributed by atoms with Crippen LogP contribution >= 0.6 is 23.4 Å². The fraction of sp³-hybridized carbons (Fsp3) is 0.346. The van der Waals surface area contributed by atoms with Gasteiger partial charge in [0, 0.05) is 36.2 Å². The van der Waals surface area contributed by atoms with Gasteiger partial charge in [-0.1, -0.05) is 48.5 Å². The van der Waals surface area contributed by atoms with E-state index in [9.17, 15) is 4.79 Å². The van der Waals surface area contributed by atoms with Crippen molar-refractivity contribution in [3.63, 3.8) is 0 Å². The first kappa shape index (κ1) is 23.6. The highest BCUT2D eigenvalue weighted by molar-refractivity contribution is 7.98. The van der Waals surface area contributed by atoms with Crippen molar-refractivity contribution in [2.75, 3.05) is 23.3 Å². The highest BCUT2D eigenvalue weighted by Gasteiger charge is 2.18. The van der Waals surface area contributed by atoms with Gasteiger partial charge in [-0.3, -0.25) is 4.79 Å². The van der Waals surface area contributed by atoms with Crippen molar-refractivity contribution in [2.45, 2.75) is 44.5 Å². The molecule has 1 saturated heterocycles. The molecule has 1 N–H and O–H groups in total. The maximum atomic E-state index is 12.6. The number of nitrogens with zero attached hydrogens (tertiary/aromatic N) is 3. The number of aromatic nitrogens is 2. The molecule has 2 aromatic carbocycles. The summed E-state index contributed by atoms with van der Waals surface area (Å²) in [6, 6.07) is 15.4. The molecule has 1 aliphatic heterocycles. The first-order valence-electron chi connectivity index (χ1n) is 11.3. The van der Waals surface area contributed by atoms with Gasteiger partial charge in [0.15, 0.2) is 5.16 Å². The largest absolute Gasteiger partial charge is 0.356 e. The van der Waals surface area contributed by atoms with Crippen LogP contribution in [0.3, 0.4) is 0 Å². The number of rotatable bonds is 6. The molecular weight excluding hydrogens is 452 g/mol. The van der Waals surface area contributed by atoms with Crippen molar-refractivity contribution in [2.24, 2.45) is 5.92 Å². The minimum atomic E-state index is -0.115. The number of benzene rings is 2. The number of halogens is 1. The van der Waals surface area contributed by atoms with Gasteiger partial charge < -0.3 is 10.2 Å². The van der Waals surface area contributed by atoms with Crippen molar-refractivity contribution in [3.8, 4) is 0 Å². The zero-order valence-electron chi connectivity index (χ0n) is 19.3. The van der Waals surface area contributed by atoms with Gasteiger partial charge in [0.1, 0.15) is 11.0 Å². The monoisotopic (exact) mass is 480 g/mol. The van der Waals surface area contributed by atoms with Crippen molar-refractivity contribution in [1.82, 2.24) is 9.97 Å². The molecule has 4 rings (SSSR count). The number of aryl methyl sites for hydroxylation is 2. The van der Waals surface area contributed by atoms with Crippen LogP contribution in [0.5, 0.6) is 0 Å². The Morgan fingerprint density at radius 3 is 2.48 bits per heavy atom. The first-order chi connectivity index (χ1) is 15.9. The third kappa shape index (κ3) is 6.27. The van der Waals surface area contributed by atoms with Crippen molar-refractivity contribution in [3.05, 3.63) is 75.9 Å². The van der Waals surface area contributed by atoms with Gasteiger partial charge in [-0.05, 0) is 73.6 Å². The summed E-state index contributed by atoms with van der Waals surface area (Å²) < 4.78 is 0. The maximum Gasteiger partial charge on any atom is 0.255 e. The van der Waals surface area contributed by atoms with Gasteiger partial charge in [-0.25, -0.2) is 9.97 Å². The summed E-state index contributed by atoms with van der Waals surface area (Å²) in [6.45, 7) is 8.40. The summed E-state index contributed by atoms with van der Waals surface area (Å²) in [5.74, 6) is 2.26. The Hall–Kier alpha value is -2.57. The SMILES string of the molecule is Cc1ccc(NC(=O)c2ccc(CSc3nc(Cl)cc(N4CCC(C)CC4)n3)cc2)cc1C. The van der Waals surface area contributed by atoms with Crippen molar-refractivity contribution >= 4 is 40.8 Å². The zero-order chi connectivity index (χ0) is 23.4. The Kier molecular flexibility index (Phi) is 7.56. The van der Waals surface area contributed by atoms with E-state index in [1.54, 1.807) is 11.8 Å². The number of anilines is 2. The molecule has 5 nitrogen and oxygen atoms in total. The molecule has 1 aromatic heterocycles. The highest BCUT2D eigenvalue weighted by Crippen LogP contribution is 2.27. The lowest BCUT2D eigenvalue weighted by atomic mass is 9.99. The lowest BCUT2D eigenvalue weighted by Crippen LogP contribution is -2.33. The number of piperidine rings is 1. The van der Waals surface area contributed by atoms with E-state index in [0.717, 1.165) is 41.6 Å². The van der Waals surface area contributed by atoms with Gasteiger partial charge in [0.05, 0.1) is 0 Å². The predicted octanol–water partition coefficient (Wildman–Crippen LogP) is 6.53. The Balaban J connectivity index is 1.36. The van der Waals surface area contributed by atoms with E-state index in [2.05, 4.69) is 29.0 Å². The van der Waals surface area contributed by atoms with E-state index in [-0.39, 0.29) is 5.91 Å². The Labute approximate surface area is 205 Å². The van der Waals surface area contributed by atoms with Crippen LogP contribution in [0.4, 0.5) is 11.5 Å². The van der Waals surface area contributed by atoms with E-state index < -0.39 is 0 Å². The van der Waals surface area contributed by atoms with Gasteiger partial charge in [0.25, 0.3) is 5.91 Å². The van der Waals surface area contributed by atoms with Gasteiger partial charge >= 0.3 is 0 Å².